The van der Waals surface area contributed by atoms with Crippen molar-refractivity contribution in [2.75, 3.05) is 13.2 Å². The van der Waals surface area contributed by atoms with E-state index in [4.69, 9.17) is 9.84 Å². The fourth-order valence-corrected chi connectivity index (χ4v) is 4.30. The van der Waals surface area contributed by atoms with Crippen LogP contribution < -0.4 is 5.32 Å². The molecule has 24 heavy (non-hydrogen) atoms. The van der Waals surface area contributed by atoms with Gasteiger partial charge in [0.25, 0.3) is 0 Å². The van der Waals surface area contributed by atoms with Crippen molar-refractivity contribution in [2.24, 2.45) is 11.8 Å². The van der Waals surface area contributed by atoms with Crippen LogP contribution in [0.25, 0.3) is 0 Å². The van der Waals surface area contributed by atoms with E-state index in [1.807, 2.05) is 0 Å². The quantitative estimate of drug-likeness (QED) is 0.679. The molecule has 0 spiro atoms. The molecule has 2 bridgehead atoms. The number of carbonyl (C=O) groups excluding carboxylic acids is 2. The number of rotatable bonds is 4. The molecular weight excluding hydrogens is 316 g/mol. The molecule has 3 heterocycles. The lowest BCUT2D eigenvalue weighted by molar-refractivity contribution is -0.147. The second kappa shape index (κ2) is 7.06. The summed E-state index contributed by atoms with van der Waals surface area (Å²) >= 11 is 0. The monoisotopic (exact) mass is 340 g/mol. The van der Waals surface area contributed by atoms with Crippen molar-refractivity contribution >= 4 is 17.9 Å². The molecule has 0 aromatic carbocycles. The predicted octanol–water partition coefficient (Wildman–Crippen LogP) is 0.338. The minimum atomic E-state index is -1.05. The van der Waals surface area contributed by atoms with E-state index in [0.29, 0.717) is 25.8 Å². The Bertz CT molecular complexity index is 523. The zero-order valence-corrected chi connectivity index (χ0v) is 13.5. The molecule has 3 N–H and O–H groups in total. The fraction of sp³-hybridized carbons (Fsp3) is 0.812. The van der Waals surface area contributed by atoms with E-state index in [-0.39, 0.29) is 12.6 Å². The van der Waals surface area contributed by atoms with Crippen LogP contribution in [0.5, 0.6) is 0 Å². The molecule has 3 unspecified atom stereocenters. The normalized spacial score (nSPS) is 35.0. The summed E-state index contributed by atoms with van der Waals surface area (Å²) in [7, 11) is 0. The number of nitrogens with one attached hydrogen (secondary N) is 1. The van der Waals surface area contributed by atoms with Crippen molar-refractivity contribution in [1.29, 1.82) is 0 Å². The van der Waals surface area contributed by atoms with Crippen LogP contribution in [0.4, 0.5) is 4.79 Å². The first-order chi connectivity index (χ1) is 11.5. The summed E-state index contributed by atoms with van der Waals surface area (Å²) in [6, 6.07) is -0.576. The number of nitrogens with zero attached hydrogens (tertiary/aromatic N) is 1. The number of aliphatic carboxylic acids is 1. The number of carboxylic acid groups (broad SMARTS) is 1. The third kappa shape index (κ3) is 3.12. The number of aliphatic hydroxyl groups is 1. The van der Waals surface area contributed by atoms with Gasteiger partial charge in [0.2, 0.25) is 5.91 Å². The summed E-state index contributed by atoms with van der Waals surface area (Å²) in [5.74, 6) is -3.31. The number of aliphatic hydroxyl groups excluding tert-OH is 1. The lowest BCUT2D eigenvalue weighted by Gasteiger charge is -2.35. The van der Waals surface area contributed by atoms with E-state index < -0.39 is 42.0 Å². The SMILES string of the molecule is O=C(O)C1C(C(=O)NC(=O)N2CCCCC2CCO)[C@H]2CC[C@@H]1O2. The maximum Gasteiger partial charge on any atom is 0.324 e. The Morgan fingerprint density at radius 3 is 2.46 bits per heavy atom. The van der Waals surface area contributed by atoms with Crippen LogP contribution in [0.15, 0.2) is 0 Å². The highest BCUT2D eigenvalue weighted by Crippen LogP contribution is 2.43. The largest absolute Gasteiger partial charge is 0.481 e. The molecule has 134 valence electrons. The van der Waals surface area contributed by atoms with Gasteiger partial charge in [-0.25, -0.2) is 4.79 Å². The lowest BCUT2D eigenvalue weighted by Crippen LogP contribution is -2.53. The van der Waals surface area contributed by atoms with Crippen molar-refractivity contribution in [1.82, 2.24) is 10.2 Å². The number of carbonyl (C=O) groups is 3. The third-order valence-electron chi connectivity index (χ3n) is 5.44. The average molecular weight is 340 g/mol. The molecule has 0 aromatic heterocycles. The highest BCUT2D eigenvalue weighted by atomic mass is 16.5. The first-order valence-electron chi connectivity index (χ1n) is 8.63. The second-order valence-electron chi connectivity index (χ2n) is 6.83. The van der Waals surface area contributed by atoms with Crippen molar-refractivity contribution in [3.63, 3.8) is 0 Å². The standard InChI is InChI=1S/C16H24N2O6/c19-8-6-9-3-1-2-7-18(9)16(23)17-14(20)12-10-4-5-11(24-10)13(12)15(21)22/h9-13,19H,1-8H2,(H,21,22)(H,17,20,23)/t9?,10-,11+,12?,13?/m1/s1. The van der Waals surface area contributed by atoms with E-state index in [2.05, 4.69) is 5.32 Å². The summed E-state index contributed by atoms with van der Waals surface area (Å²) < 4.78 is 5.57. The number of hydrogen-bond acceptors (Lipinski definition) is 5. The molecule has 3 amide bonds. The molecule has 8 nitrogen and oxygen atoms in total. The van der Waals surface area contributed by atoms with E-state index in [1.165, 1.54) is 0 Å². The minimum absolute atomic E-state index is 0.0102. The predicted molar refractivity (Wildman–Crippen MR) is 82.1 cm³/mol. The number of ether oxygens (including phenoxy) is 1. The highest BCUT2D eigenvalue weighted by Gasteiger charge is 2.55. The molecule has 3 rings (SSSR count). The Morgan fingerprint density at radius 2 is 1.79 bits per heavy atom. The van der Waals surface area contributed by atoms with Gasteiger partial charge >= 0.3 is 12.0 Å². The molecule has 3 aliphatic rings. The molecule has 3 aliphatic heterocycles. The smallest absolute Gasteiger partial charge is 0.324 e. The minimum Gasteiger partial charge on any atom is -0.481 e. The molecule has 8 heteroatoms. The van der Waals surface area contributed by atoms with Gasteiger partial charge in [-0.15, -0.1) is 0 Å². The van der Waals surface area contributed by atoms with Gasteiger partial charge in [0.1, 0.15) is 0 Å². The Balaban J connectivity index is 1.65. The topological polar surface area (TPSA) is 116 Å². The van der Waals surface area contributed by atoms with Crippen molar-refractivity contribution in [3.05, 3.63) is 0 Å². The summed E-state index contributed by atoms with van der Waals surface area (Å²) in [5.41, 5.74) is 0. The molecule has 3 saturated heterocycles. The Labute approximate surface area is 140 Å². The zero-order chi connectivity index (χ0) is 17.3. The Hall–Kier alpha value is -1.67. The molecule has 0 saturated carbocycles. The highest BCUT2D eigenvalue weighted by molar-refractivity contribution is 5.98. The Morgan fingerprint density at radius 1 is 1.08 bits per heavy atom. The zero-order valence-electron chi connectivity index (χ0n) is 13.5. The van der Waals surface area contributed by atoms with Gasteiger partial charge < -0.3 is 19.8 Å². The number of carboxylic acids is 1. The first kappa shape index (κ1) is 17.2. The third-order valence-corrected chi connectivity index (χ3v) is 5.44. The maximum atomic E-state index is 12.5. The van der Waals surface area contributed by atoms with Gasteiger partial charge in [0.05, 0.1) is 24.0 Å². The molecular formula is C16H24N2O6. The van der Waals surface area contributed by atoms with Crippen LogP contribution in [-0.4, -0.2) is 64.4 Å². The van der Waals surface area contributed by atoms with E-state index in [0.717, 1.165) is 19.3 Å². The number of amides is 3. The summed E-state index contributed by atoms with van der Waals surface area (Å²) in [4.78, 5) is 38.0. The van der Waals surface area contributed by atoms with Crippen LogP contribution in [0.2, 0.25) is 0 Å². The molecule has 3 fully saturated rings. The number of imide groups is 1. The number of piperidine rings is 1. The number of urea groups is 1. The van der Waals surface area contributed by atoms with Crippen molar-refractivity contribution in [2.45, 2.75) is 56.8 Å². The van der Waals surface area contributed by atoms with Gasteiger partial charge in [-0.1, -0.05) is 0 Å². The van der Waals surface area contributed by atoms with Crippen molar-refractivity contribution in [3.8, 4) is 0 Å². The summed E-state index contributed by atoms with van der Waals surface area (Å²) in [5, 5.41) is 20.9. The number of hydrogen-bond donors (Lipinski definition) is 3. The van der Waals surface area contributed by atoms with Crippen LogP contribution in [0.1, 0.15) is 38.5 Å². The molecule has 0 aromatic rings. The molecule has 0 aliphatic carbocycles. The van der Waals surface area contributed by atoms with Crippen LogP contribution >= 0.6 is 0 Å². The maximum absolute atomic E-state index is 12.5. The van der Waals surface area contributed by atoms with E-state index in [9.17, 15) is 19.5 Å². The van der Waals surface area contributed by atoms with Crippen LogP contribution in [-0.2, 0) is 14.3 Å². The number of fused-ring (bicyclic) bond motifs is 2. The Kier molecular flexibility index (Phi) is 5.05. The molecule has 0 radical (unpaired) electrons. The first-order valence-corrected chi connectivity index (χ1v) is 8.63. The van der Waals surface area contributed by atoms with Crippen LogP contribution in [0, 0.1) is 11.8 Å². The summed E-state index contributed by atoms with van der Waals surface area (Å²) in [6.45, 7) is 0.531. The van der Waals surface area contributed by atoms with E-state index >= 15 is 0 Å². The fourth-order valence-electron chi connectivity index (χ4n) is 4.30. The lowest BCUT2D eigenvalue weighted by atomic mass is 9.79. The van der Waals surface area contributed by atoms with Crippen LogP contribution in [0.3, 0.4) is 0 Å². The van der Waals surface area contributed by atoms with Gasteiger partial charge in [0, 0.05) is 19.2 Å². The van der Waals surface area contributed by atoms with Gasteiger partial charge in [-0.3, -0.25) is 14.9 Å². The van der Waals surface area contributed by atoms with E-state index in [1.54, 1.807) is 4.90 Å². The average Bonchev–Trinajstić information content (AvgIpc) is 3.16. The van der Waals surface area contributed by atoms with Gasteiger partial charge in [-0.2, -0.15) is 0 Å². The second-order valence-corrected chi connectivity index (χ2v) is 6.83. The summed E-state index contributed by atoms with van der Waals surface area (Å²) in [6.07, 6.45) is 3.58. The van der Waals surface area contributed by atoms with Gasteiger partial charge in [0.15, 0.2) is 0 Å². The van der Waals surface area contributed by atoms with Gasteiger partial charge in [-0.05, 0) is 38.5 Å². The van der Waals surface area contributed by atoms with Crippen molar-refractivity contribution < 1.29 is 29.3 Å². The number of likely N-dealkylation sites (tertiary alicyclic amines) is 1. The molecule has 5 atom stereocenters.